The van der Waals surface area contributed by atoms with E-state index in [0.29, 0.717) is 6.04 Å². The van der Waals surface area contributed by atoms with Gasteiger partial charge in [0.05, 0.1) is 0 Å². The number of hydrogen-bond acceptors (Lipinski definition) is 0. The monoisotopic (exact) mass is 150 g/mol. The standard InChI is InChI=1S/C10H15N/c1-2-6-10(11)9-7-4-3-5-8-9/h3-5,7-8,10H,2,6,11H2,1H3/p+1/t10-/m0/s1. The average molecular weight is 150 g/mol. The van der Waals surface area contributed by atoms with Crippen molar-refractivity contribution in [1.82, 2.24) is 0 Å². The Morgan fingerprint density at radius 1 is 1.27 bits per heavy atom. The quantitative estimate of drug-likeness (QED) is 0.680. The molecule has 11 heavy (non-hydrogen) atoms. The molecule has 0 bridgehead atoms. The molecule has 1 nitrogen and oxygen atoms in total. The molecule has 0 unspecified atom stereocenters. The fourth-order valence-electron chi connectivity index (χ4n) is 1.24. The smallest absolute Gasteiger partial charge is 0.110 e. The topological polar surface area (TPSA) is 27.6 Å². The number of rotatable bonds is 3. The van der Waals surface area contributed by atoms with Gasteiger partial charge in [-0.25, -0.2) is 0 Å². The van der Waals surface area contributed by atoms with Crippen molar-refractivity contribution >= 4 is 0 Å². The maximum Gasteiger partial charge on any atom is 0.110 e. The van der Waals surface area contributed by atoms with Crippen LogP contribution in [0.4, 0.5) is 0 Å². The lowest BCUT2D eigenvalue weighted by molar-refractivity contribution is -0.428. The molecule has 3 N–H and O–H groups in total. The van der Waals surface area contributed by atoms with E-state index in [2.05, 4.69) is 36.9 Å². The Morgan fingerprint density at radius 3 is 2.45 bits per heavy atom. The van der Waals surface area contributed by atoms with Crippen molar-refractivity contribution in [2.24, 2.45) is 0 Å². The van der Waals surface area contributed by atoms with E-state index in [1.807, 2.05) is 6.07 Å². The maximum absolute atomic E-state index is 4.10. The summed E-state index contributed by atoms with van der Waals surface area (Å²) in [5, 5.41) is 0. The molecular weight excluding hydrogens is 134 g/mol. The predicted molar refractivity (Wildman–Crippen MR) is 47.0 cm³/mol. The summed E-state index contributed by atoms with van der Waals surface area (Å²) in [5.41, 5.74) is 5.45. The van der Waals surface area contributed by atoms with Gasteiger partial charge < -0.3 is 5.73 Å². The Labute approximate surface area is 68.2 Å². The lowest BCUT2D eigenvalue weighted by atomic mass is 10.0. The minimum atomic E-state index is 0.473. The van der Waals surface area contributed by atoms with Gasteiger partial charge in [0.25, 0.3) is 0 Å². The molecule has 0 aromatic heterocycles. The molecular formula is C10H16N+. The zero-order chi connectivity index (χ0) is 8.10. The summed E-state index contributed by atoms with van der Waals surface area (Å²) in [5.74, 6) is 0. The lowest BCUT2D eigenvalue weighted by Gasteiger charge is -2.05. The second-order valence-corrected chi connectivity index (χ2v) is 2.90. The van der Waals surface area contributed by atoms with E-state index in [-0.39, 0.29) is 0 Å². The van der Waals surface area contributed by atoms with Crippen molar-refractivity contribution in [3.63, 3.8) is 0 Å². The van der Waals surface area contributed by atoms with Gasteiger partial charge in [-0.2, -0.15) is 0 Å². The summed E-state index contributed by atoms with van der Waals surface area (Å²) in [6, 6.07) is 11.0. The van der Waals surface area contributed by atoms with Crippen LogP contribution in [0.5, 0.6) is 0 Å². The van der Waals surface area contributed by atoms with Gasteiger partial charge in [-0.05, 0) is 0 Å². The molecule has 0 saturated heterocycles. The highest BCUT2D eigenvalue weighted by molar-refractivity contribution is 5.16. The van der Waals surface area contributed by atoms with Crippen LogP contribution in [-0.4, -0.2) is 0 Å². The van der Waals surface area contributed by atoms with Gasteiger partial charge in [0, 0.05) is 12.0 Å². The Kier molecular flexibility index (Phi) is 3.12. The fraction of sp³-hybridized carbons (Fsp3) is 0.400. The highest BCUT2D eigenvalue weighted by Crippen LogP contribution is 2.12. The Bertz CT molecular complexity index is 193. The first-order chi connectivity index (χ1) is 5.34. The molecule has 1 aromatic carbocycles. The average Bonchev–Trinajstić information content (AvgIpc) is 2.07. The van der Waals surface area contributed by atoms with Crippen LogP contribution in [0, 0.1) is 0 Å². The zero-order valence-corrected chi connectivity index (χ0v) is 7.09. The van der Waals surface area contributed by atoms with E-state index in [1.54, 1.807) is 0 Å². The summed E-state index contributed by atoms with van der Waals surface area (Å²) >= 11 is 0. The molecule has 0 spiro atoms. The van der Waals surface area contributed by atoms with E-state index >= 15 is 0 Å². The van der Waals surface area contributed by atoms with Gasteiger partial charge in [-0.1, -0.05) is 43.7 Å². The highest BCUT2D eigenvalue weighted by Gasteiger charge is 2.05. The third kappa shape index (κ3) is 2.35. The Balaban J connectivity index is 2.61. The molecule has 0 radical (unpaired) electrons. The normalized spacial score (nSPS) is 12.9. The maximum atomic E-state index is 4.10. The van der Waals surface area contributed by atoms with E-state index < -0.39 is 0 Å². The van der Waals surface area contributed by atoms with E-state index in [9.17, 15) is 0 Å². The molecule has 0 aliphatic heterocycles. The van der Waals surface area contributed by atoms with Gasteiger partial charge in [0.15, 0.2) is 0 Å². The predicted octanol–water partition coefficient (Wildman–Crippen LogP) is 1.77. The molecule has 1 rings (SSSR count). The summed E-state index contributed by atoms with van der Waals surface area (Å²) in [4.78, 5) is 0. The molecule has 1 atom stereocenters. The first-order valence-electron chi connectivity index (χ1n) is 4.22. The van der Waals surface area contributed by atoms with Gasteiger partial charge >= 0.3 is 0 Å². The molecule has 0 heterocycles. The number of hydrogen-bond donors (Lipinski definition) is 1. The molecule has 1 heteroatoms. The minimum Gasteiger partial charge on any atom is -0.351 e. The molecule has 0 aliphatic rings. The zero-order valence-electron chi connectivity index (χ0n) is 7.09. The number of benzene rings is 1. The van der Waals surface area contributed by atoms with Crippen LogP contribution >= 0.6 is 0 Å². The van der Waals surface area contributed by atoms with Gasteiger partial charge in [-0.15, -0.1) is 0 Å². The van der Waals surface area contributed by atoms with Crippen LogP contribution in [0.25, 0.3) is 0 Å². The van der Waals surface area contributed by atoms with Crippen molar-refractivity contribution in [2.45, 2.75) is 25.8 Å². The van der Waals surface area contributed by atoms with Crippen LogP contribution in [-0.2, 0) is 0 Å². The van der Waals surface area contributed by atoms with Crippen molar-refractivity contribution in [1.29, 1.82) is 0 Å². The van der Waals surface area contributed by atoms with Crippen LogP contribution in [0.3, 0.4) is 0 Å². The second kappa shape index (κ2) is 4.14. The van der Waals surface area contributed by atoms with Crippen molar-refractivity contribution < 1.29 is 5.73 Å². The molecule has 1 aromatic rings. The molecule has 0 fully saturated rings. The molecule has 60 valence electrons. The summed E-state index contributed by atoms with van der Waals surface area (Å²) in [6.07, 6.45) is 2.40. The van der Waals surface area contributed by atoms with E-state index in [1.165, 1.54) is 18.4 Å². The SMILES string of the molecule is CCC[C@H]([NH3+])c1ccccc1. The van der Waals surface area contributed by atoms with Gasteiger partial charge in [-0.3, -0.25) is 0 Å². The number of quaternary nitrogens is 1. The second-order valence-electron chi connectivity index (χ2n) is 2.90. The third-order valence-electron chi connectivity index (χ3n) is 1.91. The fourth-order valence-corrected chi connectivity index (χ4v) is 1.24. The van der Waals surface area contributed by atoms with Crippen molar-refractivity contribution in [2.75, 3.05) is 0 Å². The molecule has 0 amide bonds. The summed E-state index contributed by atoms with van der Waals surface area (Å²) in [7, 11) is 0. The van der Waals surface area contributed by atoms with Crippen LogP contribution in [0.1, 0.15) is 31.4 Å². The van der Waals surface area contributed by atoms with Gasteiger partial charge in [0.2, 0.25) is 0 Å². The minimum absolute atomic E-state index is 0.473. The first-order valence-corrected chi connectivity index (χ1v) is 4.22. The van der Waals surface area contributed by atoms with Crippen molar-refractivity contribution in [3.8, 4) is 0 Å². The lowest BCUT2D eigenvalue weighted by Crippen LogP contribution is -2.53. The van der Waals surface area contributed by atoms with Crippen molar-refractivity contribution in [3.05, 3.63) is 35.9 Å². The van der Waals surface area contributed by atoms with Crippen LogP contribution < -0.4 is 5.73 Å². The molecule has 0 saturated carbocycles. The molecule has 0 aliphatic carbocycles. The highest BCUT2D eigenvalue weighted by atomic mass is 14.6. The summed E-state index contributed by atoms with van der Waals surface area (Å²) < 4.78 is 0. The van der Waals surface area contributed by atoms with Gasteiger partial charge in [0.1, 0.15) is 6.04 Å². The van der Waals surface area contributed by atoms with E-state index in [4.69, 9.17) is 0 Å². The Morgan fingerprint density at radius 2 is 1.91 bits per heavy atom. The van der Waals surface area contributed by atoms with Crippen LogP contribution in [0.15, 0.2) is 30.3 Å². The van der Waals surface area contributed by atoms with Crippen LogP contribution in [0.2, 0.25) is 0 Å². The third-order valence-corrected chi connectivity index (χ3v) is 1.91. The largest absolute Gasteiger partial charge is 0.351 e. The van der Waals surface area contributed by atoms with E-state index in [0.717, 1.165) is 0 Å². The summed E-state index contributed by atoms with van der Waals surface area (Å²) in [6.45, 7) is 2.20. The first kappa shape index (κ1) is 8.28. The Hall–Kier alpha value is -0.820.